The predicted molar refractivity (Wildman–Crippen MR) is 73.4 cm³/mol. The maximum absolute atomic E-state index is 5.41. The molecule has 1 atom stereocenters. The van der Waals surface area contributed by atoms with Crippen LogP contribution in [0.5, 0.6) is 5.75 Å². The van der Waals surface area contributed by atoms with Gasteiger partial charge in [-0.25, -0.2) is 0 Å². The summed E-state index contributed by atoms with van der Waals surface area (Å²) in [5.41, 5.74) is 0.938. The quantitative estimate of drug-likeness (QED) is 0.730. The van der Waals surface area contributed by atoms with Crippen LogP contribution in [0.2, 0.25) is 0 Å². The smallest absolute Gasteiger partial charge is 0.177 e. The van der Waals surface area contributed by atoms with Crippen molar-refractivity contribution in [3.63, 3.8) is 0 Å². The number of methoxy groups -OCH3 is 3. The van der Waals surface area contributed by atoms with Gasteiger partial charge in [0.15, 0.2) is 12.0 Å². The Kier molecular flexibility index (Phi) is 6.27. The number of rotatable bonds is 8. The molecular formula is C13H25N3O3. The lowest BCUT2D eigenvalue weighted by atomic mass is 10.1. The van der Waals surface area contributed by atoms with Crippen molar-refractivity contribution in [1.29, 1.82) is 0 Å². The van der Waals surface area contributed by atoms with Crippen molar-refractivity contribution in [2.45, 2.75) is 39.1 Å². The Morgan fingerprint density at radius 3 is 2.32 bits per heavy atom. The Hall–Kier alpha value is -1.11. The van der Waals surface area contributed by atoms with E-state index in [-0.39, 0.29) is 12.1 Å². The molecule has 0 fully saturated rings. The summed E-state index contributed by atoms with van der Waals surface area (Å²) in [5, 5.41) is 7.75. The number of likely N-dealkylation sites (N-methyl/N-ethyl adjacent to an activating group) is 1. The lowest BCUT2D eigenvalue weighted by Crippen LogP contribution is -2.36. The van der Waals surface area contributed by atoms with Crippen LogP contribution in [0.1, 0.15) is 38.5 Å². The molecule has 0 bridgehead atoms. The van der Waals surface area contributed by atoms with Gasteiger partial charge in [-0.15, -0.1) is 0 Å². The molecule has 0 aromatic carbocycles. The molecule has 0 aliphatic carbocycles. The van der Waals surface area contributed by atoms with Crippen LogP contribution in [0.4, 0.5) is 0 Å². The number of nitrogens with one attached hydrogen (secondary N) is 1. The summed E-state index contributed by atoms with van der Waals surface area (Å²) in [6.45, 7) is 6.99. The molecule has 0 saturated heterocycles. The maximum atomic E-state index is 5.41. The second-order valence-corrected chi connectivity index (χ2v) is 4.51. The van der Waals surface area contributed by atoms with E-state index in [9.17, 15) is 0 Å². The van der Waals surface area contributed by atoms with Crippen LogP contribution in [-0.4, -0.2) is 43.9 Å². The van der Waals surface area contributed by atoms with Crippen LogP contribution in [0.25, 0.3) is 0 Å². The summed E-state index contributed by atoms with van der Waals surface area (Å²) < 4.78 is 18.1. The average Bonchev–Trinajstić information content (AvgIpc) is 2.82. The Bertz CT molecular complexity index is 375. The van der Waals surface area contributed by atoms with E-state index in [1.807, 2.05) is 11.6 Å². The van der Waals surface area contributed by atoms with E-state index in [2.05, 4.69) is 24.3 Å². The second-order valence-electron chi connectivity index (χ2n) is 4.51. The molecule has 1 heterocycles. The summed E-state index contributed by atoms with van der Waals surface area (Å²) in [6.07, 6.45) is 1.32. The lowest BCUT2D eigenvalue weighted by molar-refractivity contribution is -0.125. The summed E-state index contributed by atoms with van der Waals surface area (Å²) in [7, 11) is 4.89. The van der Waals surface area contributed by atoms with Gasteiger partial charge in [0.1, 0.15) is 11.7 Å². The average molecular weight is 271 g/mol. The fourth-order valence-electron chi connectivity index (χ4n) is 2.13. The highest BCUT2D eigenvalue weighted by molar-refractivity contribution is 5.29. The molecule has 0 spiro atoms. The molecule has 1 unspecified atom stereocenters. The zero-order valence-electron chi connectivity index (χ0n) is 12.6. The van der Waals surface area contributed by atoms with Gasteiger partial charge in [0.05, 0.1) is 13.3 Å². The number of hydrogen-bond acceptors (Lipinski definition) is 5. The summed E-state index contributed by atoms with van der Waals surface area (Å²) in [6, 6.07) is 0.0919. The van der Waals surface area contributed by atoms with E-state index in [0.29, 0.717) is 0 Å². The Morgan fingerprint density at radius 1 is 1.26 bits per heavy atom. The minimum absolute atomic E-state index is 0.139. The molecule has 0 aliphatic heterocycles. The summed E-state index contributed by atoms with van der Waals surface area (Å²) in [4.78, 5) is 0. The van der Waals surface area contributed by atoms with Gasteiger partial charge in [-0.1, -0.05) is 6.92 Å². The van der Waals surface area contributed by atoms with Gasteiger partial charge < -0.3 is 19.5 Å². The minimum Gasteiger partial charge on any atom is -0.493 e. The van der Waals surface area contributed by atoms with Gasteiger partial charge in [-0.2, -0.15) is 5.10 Å². The zero-order valence-corrected chi connectivity index (χ0v) is 12.6. The van der Waals surface area contributed by atoms with Crippen LogP contribution in [-0.2, 0) is 9.47 Å². The first-order valence-electron chi connectivity index (χ1n) is 6.50. The first-order valence-corrected chi connectivity index (χ1v) is 6.50. The third kappa shape index (κ3) is 3.46. The molecule has 6 heteroatoms. The minimum atomic E-state index is -0.400. The van der Waals surface area contributed by atoms with E-state index in [1.54, 1.807) is 27.5 Å². The number of ether oxygens (including phenoxy) is 3. The molecule has 0 amide bonds. The molecule has 1 aromatic rings. The SMILES string of the molecule is CCNC(c1c(OC)cnn1C(C)C)C(OC)OC. The molecule has 19 heavy (non-hydrogen) atoms. The standard InChI is InChI=1S/C13H25N3O3/c1-7-14-11(13(18-5)19-6)12-10(17-4)8-15-16(12)9(2)3/h8-9,11,13-14H,7H2,1-6H3. The molecule has 1 rings (SSSR count). The monoisotopic (exact) mass is 271 g/mol. The Morgan fingerprint density at radius 2 is 1.89 bits per heavy atom. The number of hydrogen-bond donors (Lipinski definition) is 1. The van der Waals surface area contributed by atoms with E-state index in [0.717, 1.165) is 18.0 Å². The molecule has 0 radical (unpaired) electrons. The third-order valence-corrected chi connectivity index (χ3v) is 2.96. The molecule has 6 nitrogen and oxygen atoms in total. The largest absolute Gasteiger partial charge is 0.493 e. The number of nitrogens with zero attached hydrogens (tertiary/aromatic N) is 2. The fraction of sp³-hybridized carbons (Fsp3) is 0.769. The molecular weight excluding hydrogens is 246 g/mol. The first kappa shape index (κ1) is 15.9. The summed E-state index contributed by atoms with van der Waals surface area (Å²) >= 11 is 0. The van der Waals surface area contributed by atoms with E-state index >= 15 is 0 Å². The summed E-state index contributed by atoms with van der Waals surface area (Å²) in [5.74, 6) is 0.735. The van der Waals surface area contributed by atoms with E-state index in [4.69, 9.17) is 14.2 Å². The Labute approximate surface area is 115 Å². The fourth-order valence-corrected chi connectivity index (χ4v) is 2.13. The van der Waals surface area contributed by atoms with Crippen molar-refractivity contribution >= 4 is 0 Å². The van der Waals surface area contributed by atoms with Gasteiger partial charge in [-0.05, 0) is 20.4 Å². The number of aromatic nitrogens is 2. The van der Waals surface area contributed by atoms with E-state index < -0.39 is 6.29 Å². The molecule has 110 valence electrons. The Balaban J connectivity index is 3.22. The van der Waals surface area contributed by atoms with E-state index in [1.165, 1.54) is 0 Å². The normalized spacial score (nSPS) is 13.3. The van der Waals surface area contributed by atoms with Crippen LogP contribution in [0.3, 0.4) is 0 Å². The highest BCUT2D eigenvalue weighted by atomic mass is 16.7. The topological polar surface area (TPSA) is 57.5 Å². The predicted octanol–water partition coefficient (Wildman–Crippen LogP) is 1.74. The van der Waals surface area contributed by atoms with Crippen molar-refractivity contribution in [3.05, 3.63) is 11.9 Å². The highest BCUT2D eigenvalue weighted by Gasteiger charge is 2.30. The first-order chi connectivity index (χ1) is 9.10. The van der Waals surface area contributed by atoms with Crippen molar-refractivity contribution in [1.82, 2.24) is 15.1 Å². The van der Waals surface area contributed by atoms with Crippen molar-refractivity contribution in [2.75, 3.05) is 27.9 Å². The van der Waals surface area contributed by atoms with Gasteiger partial charge in [0.2, 0.25) is 0 Å². The molecule has 1 aromatic heterocycles. The van der Waals surface area contributed by atoms with Crippen LogP contribution in [0.15, 0.2) is 6.20 Å². The highest BCUT2D eigenvalue weighted by Crippen LogP contribution is 2.30. The van der Waals surface area contributed by atoms with Gasteiger partial charge >= 0.3 is 0 Å². The van der Waals surface area contributed by atoms with Crippen molar-refractivity contribution in [3.8, 4) is 5.75 Å². The van der Waals surface area contributed by atoms with Crippen molar-refractivity contribution < 1.29 is 14.2 Å². The van der Waals surface area contributed by atoms with Gasteiger partial charge in [0.25, 0.3) is 0 Å². The van der Waals surface area contributed by atoms with Crippen LogP contribution >= 0.6 is 0 Å². The van der Waals surface area contributed by atoms with Crippen LogP contribution < -0.4 is 10.1 Å². The molecule has 0 saturated carbocycles. The zero-order chi connectivity index (χ0) is 14.4. The second kappa shape index (κ2) is 7.47. The third-order valence-electron chi connectivity index (χ3n) is 2.96. The van der Waals surface area contributed by atoms with Crippen LogP contribution in [0, 0.1) is 0 Å². The maximum Gasteiger partial charge on any atom is 0.177 e. The van der Waals surface area contributed by atoms with Gasteiger partial charge in [0, 0.05) is 20.3 Å². The van der Waals surface area contributed by atoms with Crippen molar-refractivity contribution in [2.24, 2.45) is 0 Å². The van der Waals surface area contributed by atoms with Gasteiger partial charge in [-0.3, -0.25) is 4.68 Å². The lowest BCUT2D eigenvalue weighted by Gasteiger charge is -2.27. The molecule has 0 aliphatic rings. The molecule has 1 N–H and O–H groups in total.